The first-order valence-corrected chi connectivity index (χ1v) is 6.83. The van der Waals surface area contributed by atoms with E-state index in [0.29, 0.717) is 6.54 Å². The Balaban J connectivity index is 2.10. The standard InChI is InChI=1S/C12H15F3N4S/c1-8-17-10(7-20-8)6-18(2)5-9-4-16-19(3)11(9)12(13,14)15/h4,7H,5-6H2,1-3H3. The summed E-state index contributed by atoms with van der Waals surface area (Å²) in [6, 6.07) is 0. The van der Waals surface area contributed by atoms with Crippen molar-refractivity contribution in [1.82, 2.24) is 19.7 Å². The number of aryl methyl sites for hydroxylation is 2. The fourth-order valence-corrected chi connectivity index (χ4v) is 2.67. The molecule has 8 heteroatoms. The number of alkyl halides is 3. The largest absolute Gasteiger partial charge is 0.433 e. The zero-order chi connectivity index (χ0) is 14.9. The molecule has 0 spiro atoms. The van der Waals surface area contributed by atoms with Gasteiger partial charge in [0.1, 0.15) is 5.69 Å². The molecule has 0 aromatic carbocycles. The molecule has 0 amide bonds. The molecule has 0 fully saturated rings. The van der Waals surface area contributed by atoms with Crippen molar-refractivity contribution in [2.75, 3.05) is 7.05 Å². The Kier molecular flexibility index (Phi) is 4.14. The molecule has 0 aliphatic carbocycles. The van der Waals surface area contributed by atoms with Gasteiger partial charge in [-0.2, -0.15) is 18.3 Å². The van der Waals surface area contributed by atoms with Crippen LogP contribution in [-0.4, -0.2) is 26.7 Å². The van der Waals surface area contributed by atoms with Gasteiger partial charge in [-0.25, -0.2) is 4.98 Å². The second-order valence-corrected chi connectivity index (χ2v) is 5.73. The predicted molar refractivity (Wildman–Crippen MR) is 70.2 cm³/mol. The minimum atomic E-state index is -4.39. The van der Waals surface area contributed by atoms with Gasteiger partial charge in [-0.05, 0) is 14.0 Å². The summed E-state index contributed by atoms with van der Waals surface area (Å²) in [5.41, 5.74) is 0.348. The molecule has 0 aliphatic rings. The average molecular weight is 304 g/mol. The molecular weight excluding hydrogens is 289 g/mol. The number of nitrogens with zero attached hydrogens (tertiary/aromatic N) is 4. The highest BCUT2D eigenvalue weighted by Gasteiger charge is 2.37. The fraction of sp³-hybridized carbons (Fsp3) is 0.500. The van der Waals surface area contributed by atoms with Crippen molar-refractivity contribution in [3.05, 3.63) is 33.5 Å². The molecule has 0 unspecified atom stereocenters. The first-order chi connectivity index (χ1) is 9.27. The molecule has 0 radical (unpaired) electrons. The molecule has 4 nitrogen and oxygen atoms in total. The van der Waals surface area contributed by atoms with Crippen LogP contribution in [0.1, 0.15) is 22.0 Å². The molecule has 2 heterocycles. The summed E-state index contributed by atoms with van der Waals surface area (Å²) in [4.78, 5) is 6.09. The Hall–Kier alpha value is -1.41. The van der Waals surface area contributed by atoms with E-state index in [1.165, 1.54) is 24.6 Å². The summed E-state index contributed by atoms with van der Waals surface area (Å²) in [7, 11) is 3.07. The maximum absolute atomic E-state index is 12.9. The molecule has 110 valence electrons. The second kappa shape index (κ2) is 5.53. The third kappa shape index (κ3) is 3.37. The zero-order valence-corrected chi connectivity index (χ0v) is 12.2. The Bertz CT molecular complexity index is 588. The van der Waals surface area contributed by atoms with Crippen LogP contribution in [0, 0.1) is 6.92 Å². The molecular formula is C12H15F3N4S. The van der Waals surface area contributed by atoms with Gasteiger partial charge in [-0.1, -0.05) is 0 Å². The number of hydrogen-bond donors (Lipinski definition) is 0. The van der Waals surface area contributed by atoms with Gasteiger partial charge in [-0.15, -0.1) is 11.3 Å². The van der Waals surface area contributed by atoms with Crippen LogP contribution in [0.4, 0.5) is 13.2 Å². The number of hydrogen-bond acceptors (Lipinski definition) is 4. The molecule has 20 heavy (non-hydrogen) atoms. The van der Waals surface area contributed by atoms with Crippen LogP contribution in [0.3, 0.4) is 0 Å². The molecule has 2 rings (SSSR count). The number of thiazole rings is 1. The number of aromatic nitrogens is 3. The Morgan fingerprint density at radius 2 is 2.05 bits per heavy atom. The van der Waals surface area contributed by atoms with Gasteiger partial charge in [0, 0.05) is 31.1 Å². The van der Waals surface area contributed by atoms with Crippen molar-refractivity contribution >= 4 is 11.3 Å². The van der Waals surface area contributed by atoms with E-state index in [-0.39, 0.29) is 12.1 Å². The summed E-state index contributed by atoms with van der Waals surface area (Å²) >= 11 is 1.53. The van der Waals surface area contributed by atoms with Gasteiger partial charge in [0.2, 0.25) is 0 Å². The van der Waals surface area contributed by atoms with Gasteiger partial charge in [0.15, 0.2) is 0 Å². The van der Waals surface area contributed by atoms with Crippen LogP contribution in [0.2, 0.25) is 0 Å². The molecule has 2 aromatic heterocycles. The fourth-order valence-electron chi connectivity index (χ4n) is 2.07. The summed E-state index contributed by atoms with van der Waals surface area (Å²) in [5, 5.41) is 6.57. The minimum absolute atomic E-state index is 0.175. The molecule has 0 saturated heterocycles. The van der Waals surface area contributed by atoms with Crippen LogP contribution < -0.4 is 0 Å². The molecule has 0 N–H and O–H groups in total. The second-order valence-electron chi connectivity index (χ2n) is 4.67. The lowest BCUT2D eigenvalue weighted by molar-refractivity contribution is -0.144. The van der Waals surface area contributed by atoms with Crippen LogP contribution >= 0.6 is 11.3 Å². The number of halogens is 3. The third-order valence-electron chi connectivity index (χ3n) is 2.82. The van der Waals surface area contributed by atoms with Gasteiger partial charge in [0.25, 0.3) is 0 Å². The quantitative estimate of drug-likeness (QED) is 0.871. The predicted octanol–water partition coefficient (Wildman–Crippen LogP) is 2.84. The van der Waals surface area contributed by atoms with Crippen molar-refractivity contribution in [1.29, 1.82) is 0 Å². The normalized spacial score (nSPS) is 12.3. The summed E-state index contributed by atoms with van der Waals surface area (Å²) in [5.74, 6) is 0. The number of rotatable bonds is 4. The minimum Gasteiger partial charge on any atom is -0.296 e. The summed E-state index contributed by atoms with van der Waals surface area (Å²) in [6.45, 7) is 2.59. The Morgan fingerprint density at radius 3 is 2.60 bits per heavy atom. The van der Waals surface area contributed by atoms with Gasteiger partial charge in [-0.3, -0.25) is 9.58 Å². The van der Waals surface area contributed by atoms with E-state index in [1.54, 1.807) is 11.9 Å². The van der Waals surface area contributed by atoms with E-state index >= 15 is 0 Å². The highest BCUT2D eigenvalue weighted by molar-refractivity contribution is 7.09. The smallest absolute Gasteiger partial charge is 0.296 e. The molecule has 2 aromatic rings. The van der Waals surface area contributed by atoms with E-state index in [2.05, 4.69) is 10.1 Å². The van der Waals surface area contributed by atoms with Gasteiger partial charge < -0.3 is 0 Å². The SMILES string of the molecule is Cc1nc(CN(C)Cc2cnn(C)c2C(F)(F)F)cs1. The Labute approximate surface area is 118 Å². The molecule has 0 aliphatic heterocycles. The first-order valence-electron chi connectivity index (χ1n) is 5.95. The monoisotopic (exact) mass is 304 g/mol. The Morgan fingerprint density at radius 1 is 1.35 bits per heavy atom. The lowest BCUT2D eigenvalue weighted by Crippen LogP contribution is -2.21. The van der Waals surface area contributed by atoms with Crippen molar-refractivity contribution in [2.24, 2.45) is 7.05 Å². The van der Waals surface area contributed by atoms with E-state index in [0.717, 1.165) is 15.4 Å². The van der Waals surface area contributed by atoms with Gasteiger partial charge in [0.05, 0.1) is 16.9 Å². The van der Waals surface area contributed by atoms with E-state index in [9.17, 15) is 13.2 Å². The molecule has 0 saturated carbocycles. The highest BCUT2D eigenvalue weighted by atomic mass is 32.1. The van der Waals surface area contributed by atoms with Crippen molar-refractivity contribution in [3.63, 3.8) is 0 Å². The average Bonchev–Trinajstić information content (AvgIpc) is 2.84. The van der Waals surface area contributed by atoms with Crippen LogP contribution in [0.5, 0.6) is 0 Å². The topological polar surface area (TPSA) is 34.0 Å². The molecule has 0 bridgehead atoms. The summed E-state index contributed by atoms with van der Waals surface area (Å²) < 4.78 is 39.7. The van der Waals surface area contributed by atoms with Crippen molar-refractivity contribution in [2.45, 2.75) is 26.2 Å². The van der Waals surface area contributed by atoms with Crippen LogP contribution in [0.25, 0.3) is 0 Å². The van der Waals surface area contributed by atoms with E-state index < -0.39 is 11.9 Å². The maximum atomic E-state index is 12.9. The lowest BCUT2D eigenvalue weighted by atomic mass is 10.2. The zero-order valence-electron chi connectivity index (χ0n) is 11.4. The van der Waals surface area contributed by atoms with E-state index in [4.69, 9.17) is 0 Å². The van der Waals surface area contributed by atoms with E-state index in [1.807, 2.05) is 12.3 Å². The van der Waals surface area contributed by atoms with Crippen LogP contribution in [-0.2, 0) is 26.3 Å². The van der Waals surface area contributed by atoms with Crippen LogP contribution in [0.15, 0.2) is 11.6 Å². The van der Waals surface area contributed by atoms with Crippen molar-refractivity contribution in [3.8, 4) is 0 Å². The van der Waals surface area contributed by atoms with Crippen molar-refractivity contribution < 1.29 is 13.2 Å². The first kappa shape index (κ1) is 15.0. The summed E-state index contributed by atoms with van der Waals surface area (Å²) in [6.07, 6.45) is -3.12. The van der Waals surface area contributed by atoms with Gasteiger partial charge >= 0.3 is 6.18 Å². The highest BCUT2D eigenvalue weighted by Crippen LogP contribution is 2.32. The lowest BCUT2D eigenvalue weighted by Gasteiger charge is -2.16. The maximum Gasteiger partial charge on any atom is 0.433 e. The molecule has 0 atom stereocenters. The third-order valence-corrected chi connectivity index (χ3v) is 3.64.